The van der Waals surface area contributed by atoms with Crippen LogP contribution >= 0.6 is 31.9 Å². The fourth-order valence-corrected chi connectivity index (χ4v) is 9.48. The van der Waals surface area contributed by atoms with E-state index in [1.165, 1.54) is 12.1 Å². The number of halogens is 3. The second kappa shape index (κ2) is 53.9. The standard InChI is InChI=1S/C20H27N3O5.C20H25N3O4.C11H13BrN2O.C9H13NO3.C7H3BrFN.C4H11NO.CH4.CH3.Na.H2O/c1-12(11-25-2)22-16-8-13(6-7-15(16)20(21)24)23-14-9-17(26-3)19(28-5)18(10-14)27-4;1-13(12-24-2)22-17-8-15(7-6-14(17)11-21)23-16-9-18(25-3)20(27-5)19(10-16)26-4;1-8(7-15-2)14-11-5-10(12)4-3-9(11)6-13;1-11-7-4-6(10)5-8(12-2)9(7)13-3;8-6-2-1-5(4-10)7(9)3-6;1-4(5)3-6-2;;;;/h6-10,12,22-23H,11H2,1-5H3,(H2,21,24);6-10,13,22-23H,12H2,1-5H3;3-5,8,14H,7H2,1-2H3;4-5H,10H2,1-3H3;1-3H;4H,3,5H2,1-2H3;1H4;1H3;;1H2/q;;;;;;;-1;+1;/p-1. The van der Waals surface area contributed by atoms with Gasteiger partial charge >= 0.3 is 29.6 Å². The molecular formula is C73H100Br2FN11NaO15-. The summed E-state index contributed by atoms with van der Waals surface area (Å²) < 4.78 is 81.6. The van der Waals surface area contributed by atoms with Crippen molar-refractivity contribution in [1.29, 1.82) is 15.8 Å². The van der Waals surface area contributed by atoms with E-state index in [1.54, 1.807) is 153 Å². The van der Waals surface area contributed by atoms with E-state index in [0.717, 1.165) is 38.6 Å². The van der Waals surface area contributed by atoms with Crippen molar-refractivity contribution in [2.24, 2.45) is 11.5 Å². The molecule has 1 amide bonds. The number of nitriles is 3. The van der Waals surface area contributed by atoms with Crippen LogP contribution in [0, 0.1) is 47.2 Å². The zero-order valence-electron chi connectivity index (χ0n) is 61.4. The summed E-state index contributed by atoms with van der Waals surface area (Å²) in [6.07, 6.45) is 0. The number of primary amides is 1. The molecule has 7 aromatic carbocycles. The van der Waals surface area contributed by atoms with Crippen LogP contribution in [0.5, 0.6) is 51.7 Å². The van der Waals surface area contributed by atoms with Gasteiger partial charge in [0.2, 0.25) is 17.2 Å². The smallest absolute Gasteiger partial charge is 0.870 e. The molecule has 26 nitrogen and oxygen atoms in total. The van der Waals surface area contributed by atoms with E-state index in [9.17, 15) is 14.4 Å². The molecule has 0 saturated carbocycles. The zero-order valence-corrected chi connectivity index (χ0v) is 66.6. The van der Waals surface area contributed by atoms with Gasteiger partial charge in [-0.05, 0) is 100 Å². The van der Waals surface area contributed by atoms with Crippen molar-refractivity contribution >= 4 is 83.3 Å². The number of benzene rings is 7. The van der Waals surface area contributed by atoms with Gasteiger partial charge < -0.3 is 118 Å². The van der Waals surface area contributed by atoms with Crippen molar-refractivity contribution in [3.8, 4) is 70.0 Å². The van der Waals surface area contributed by atoms with Crippen molar-refractivity contribution in [3.63, 3.8) is 0 Å². The SMILES string of the molecule is C.COCC(C)N.COCC(C)Nc1cc(Br)ccc1C#N.COCC(C)Nc1cc(Nc2cc(OC)c(OC)c(OC)c2)ccc1C#N.COCC(C)Nc1cc(Nc2cc(OC)c(OC)c(OC)c2)ccc1C(N)=O.COc1cc(N)cc(OC)c1OC.N#Cc1ccc(Br)cc1F.[CH3-].[Na+].[OH-]. The molecule has 103 heavy (non-hydrogen) atoms. The molecule has 0 bridgehead atoms. The number of anilines is 8. The molecule has 0 spiro atoms. The van der Waals surface area contributed by atoms with E-state index >= 15 is 0 Å². The van der Waals surface area contributed by atoms with E-state index in [4.69, 9.17) is 84.6 Å². The average molecular weight is 1570 g/mol. The minimum atomic E-state index is -0.508. The Labute approximate surface area is 646 Å². The van der Waals surface area contributed by atoms with E-state index < -0.39 is 11.7 Å². The summed E-state index contributed by atoms with van der Waals surface area (Å²) >= 11 is 6.45. The van der Waals surface area contributed by atoms with Gasteiger partial charge in [-0.3, -0.25) is 4.79 Å². The van der Waals surface area contributed by atoms with E-state index in [0.29, 0.717) is 111 Å². The molecule has 7 rings (SSSR count). The van der Waals surface area contributed by atoms with Gasteiger partial charge in [-0.2, -0.15) is 15.8 Å². The molecule has 4 atom stereocenters. The van der Waals surface area contributed by atoms with Gasteiger partial charge in [0.15, 0.2) is 34.5 Å². The largest absolute Gasteiger partial charge is 1.00 e. The number of carbonyl (C=O) groups excluding carboxylic acids is 1. The Kier molecular flexibility index (Phi) is 51.4. The normalized spacial score (nSPS) is 10.7. The van der Waals surface area contributed by atoms with Crippen LogP contribution in [-0.2, 0) is 18.9 Å². The number of hydrogen-bond donors (Lipinski definition) is 8. The van der Waals surface area contributed by atoms with Crippen LogP contribution in [0.3, 0.4) is 0 Å². The Hall–Kier alpha value is -8.87. The fraction of sp³-hybridized carbons (Fsp3) is 0.356. The maximum Gasteiger partial charge on any atom is 1.00 e. The van der Waals surface area contributed by atoms with Gasteiger partial charge in [0, 0.05) is 132 Å². The average Bonchev–Trinajstić information content (AvgIpc) is 0.823. The van der Waals surface area contributed by atoms with Crippen molar-refractivity contribution in [1.82, 2.24) is 0 Å². The van der Waals surface area contributed by atoms with Crippen molar-refractivity contribution in [2.45, 2.75) is 59.3 Å². The number of rotatable bonds is 28. The molecule has 0 heterocycles. The molecular weight excluding hydrogens is 1470 g/mol. The number of nitrogens with zero attached hydrogens (tertiary/aromatic N) is 3. The van der Waals surface area contributed by atoms with Crippen molar-refractivity contribution < 1.29 is 106 Å². The van der Waals surface area contributed by atoms with Crippen molar-refractivity contribution in [2.75, 3.05) is 151 Å². The first kappa shape index (κ1) is 98.3. The van der Waals surface area contributed by atoms with Gasteiger partial charge in [0.05, 0.1) is 124 Å². The third kappa shape index (κ3) is 33.9. The van der Waals surface area contributed by atoms with E-state index in [2.05, 4.69) is 75.3 Å². The predicted octanol–water partition coefficient (Wildman–Crippen LogP) is 11.2. The first-order valence-electron chi connectivity index (χ1n) is 30.1. The van der Waals surface area contributed by atoms with Gasteiger partial charge in [0.1, 0.15) is 24.0 Å². The summed E-state index contributed by atoms with van der Waals surface area (Å²) in [7, 11) is 20.6. The summed E-state index contributed by atoms with van der Waals surface area (Å²) in [5.74, 6) is 3.91. The molecule has 7 aromatic rings. The number of nitrogen functional groups attached to an aromatic ring is 1. The third-order valence-electron chi connectivity index (χ3n) is 13.1. The molecule has 0 fully saturated rings. The fourth-order valence-electron chi connectivity index (χ4n) is 8.78. The molecule has 0 aliphatic rings. The van der Waals surface area contributed by atoms with Crippen LogP contribution in [0.1, 0.15) is 62.2 Å². The molecule has 0 radical (unpaired) electrons. The van der Waals surface area contributed by atoms with Crippen LogP contribution in [-0.4, -0.2) is 154 Å². The van der Waals surface area contributed by atoms with Crippen molar-refractivity contribution in [3.05, 3.63) is 154 Å². The Bertz CT molecular complexity index is 3700. The number of amides is 1. The third-order valence-corrected chi connectivity index (χ3v) is 14.0. The van der Waals surface area contributed by atoms with Crippen LogP contribution in [0.2, 0.25) is 0 Å². The Morgan fingerprint density at radius 1 is 0.456 bits per heavy atom. The van der Waals surface area contributed by atoms with Crippen LogP contribution < -0.4 is 116 Å². The second-order valence-electron chi connectivity index (χ2n) is 21.0. The molecule has 30 heteroatoms. The Morgan fingerprint density at radius 3 is 1.08 bits per heavy atom. The van der Waals surface area contributed by atoms with Crippen LogP contribution in [0.15, 0.2) is 118 Å². The zero-order chi connectivity index (χ0) is 74.1. The number of hydrogen-bond acceptors (Lipinski definition) is 25. The molecule has 0 aliphatic carbocycles. The number of carbonyl (C=O) groups is 1. The van der Waals surface area contributed by atoms with Gasteiger partial charge in [0.25, 0.3) is 5.91 Å². The van der Waals surface area contributed by atoms with Gasteiger partial charge in [-0.15, -0.1) is 0 Å². The molecule has 0 aliphatic heterocycles. The number of nitrogens with two attached hydrogens (primary N) is 3. The summed E-state index contributed by atoms with van der Waals surface area (Å²) in [5, 5.41) is 42.9. The number of nitrogens with one attached hydrogen (secondary N) is 5. The van der Waals surface area contributed by atoms with Crippen LogP contribution in [0.25, 0.3) is 0 Å². The predicted molar refractivity (Wildman–Crippen MR) is 409 cm³/mol. The molecule has 12 N–H and O–H groups in total. The summed E-state index contributed by atoms with van der Waals surface area (Å²) in [5.41, 5.74) is 23.9. The van der Waals surface area contributed by atoms with E-state index in [-0.39, 0.29) is 79.6 Å². The summed E-state index contributed by atoms with van der Waals surface area (Å²) in [6, 6.07) is 37.7. The minimum Gasteiger partial charge on any atom is -0.870 e. The number of methoxy groups -OCH3 is 13. The first-order chi connectivity index (χ1) is 47.4. The maximum absolute atomic E-state index is 12.6. The quantitative estimate of drug-likeness (QED) is 0.0128. The second-order valence-corrected chi connectivity index (χ2v) is 22.8. The Balaban J connectivity index is -0.00000123. The van der Waals surface area contributed by atoms with Gasteiger partial charge in [-0.1, -0.05) is 39.3 Å². The minimum absolute atomic E-state index is 0. The maximum atomic E-state index is 12.6. The Morgan fingerprint density at radius 2 is 0.767 bits per heavy atom. The monoisotopic (exact) mass is 1570 g/mol. The summed E-state index contributed by atoms with van der Waals surface area (Å²) in [4.78, 5) is 11.8. The van der Waals surface area contributed by atoms with E-state index in [1.807, 2.05) is 70.2 Å². The van der Waals surface area contributed by atoms with Gasteiger partial charge in [-0.25, -0.2) is 4.39 Å². The summed E-state index contributed by atoms with van der Waals surface area (Å²) in [6.45, 7) is 10.1. The molecule has 4 unspecified atom stereocenters. The number of ether oxygens (including phenoxy) is 13. The molecule has 0 aromatic heterocycles. The van der Waals surface area contributed by atoms with Crippen LogP contribution in [0.4, 0.5) is 49.9 Å². The topological polar surface area (TPSA) is 377 Å². The first-order valence-corrected chi connectivity index (χ1v) is 31.7. The molecule has 560 valence electrons. The molecule has 0 saturated heterocycles.